The van der Waals surface area contributed by atoms with E-state index in [4.69, 9.17) is 9.84 Å². The van der Waals surface area contributed by atoms with Gasteiger partial charge in [-0.1, -0.05) is 12.1 Å². The Labute approximate surface area is 188 Å². The van der Waals surface area contributed by atoms with Crippen LogP contribution in [-0.2, 0) is 14.8 Å². The van der Waals surface area contributed by atoms with Crippen LogP contribution in [0.25, 0.3) is 6.08 Å². The predicted octanol–water partition coefficient (Wildman–Crippen LogP) is 3.38. The molecule has 0 aliphatic carbocycles. The molecule has 0 aliphatic heterocycles. The topological polar surface area (TPSA) is 135 Å². The molecule has 33 heavy (non-hydrogen) atoms. The summed E-state index contributed by atoms with van der Waals surface area (Å²) < 4.78 is 47.5. The molecular weight excluding hydrogens is 453 g/mol. The van der Waals surface area contributed by atoms with E-state index in [1.807, 2.05) is 0 Å². The number of pyridine rings is 1. The van der Waals surface area contributed by atoms with Crippen molar-refractivity contribution in [3.05, 3.63) is 83.9 Å². The maximum absolute atomic E-state index is 13.9. The van der Waals surface area contributed by atoms with Crippen LogP contribution in [0.2, 0.25) is 0 Å². The first kappa shape index (κ1) is 23.4. The maximum Gasteiger partial charge on any atom is 0.328 e. The van der Waals surface area contributed by atoms with Crippen molar-refractivity contribution in [3.63, 3.8) is 0 Å². The largest absolute Gasteiger partial charge is 0.495 e. The van der Waals surface area contributed by atoms with Gasteiger partial charge in [0, 0.05) is 18.3 Å². The van der Waals surface area contributed by atoms with Crippen LogP contribution >= 0.6 is 0 Å². The number of carbonyl (C=O) groups excluding carboxylic acids is 1. The van der Waals surface area contributed by atoms with Crippen molar-refractivity contribution in [2.75, 3.05) is 17.1 Å². The molecule has 3 rings (SSSR count). The van der Waals surface area contributed by atoms with Crippen LogP contribution in [-0.4, -0.2) is 37.5 Å². The highest BCUT2D eigenvalue weighted by molar-refractivity contribution is 7.92. The summed E-state index contributed by atoms with van der Waals surface area (Å²) in [6.07, 6.45) is 3.48. The molecule has 11 heteroatoms. The number of rotatable bonds is 8. The highest BCUT2D eigenvalue weighted by Gasteiger charge is 2.22. The summed E-state index contributed by atoms with van der Waals surface area (Å²) in [5.74, 6) is -2.60. The van der Waals surface area contributed by atoms with E-state index in [1.54, 1.807) is 12.1 Å². The van der Waals surface area contributed by atoms with Crippen LogP contribution in [0.1, 0.15) is 16.1 Å². The van der Waals surface area contributed by atoms with Gasteiger partial charge in [-0.05, 0) is 48.0 Å². The number of methoxy groups -OCH3 is 1. The zero-order chi connectivity index (χ0) is 24.0. The number of carbonyl (C=O) groups is 2. The van der Waals surface area contributed by atoms with E-state index in [0.29, 0.717) is 0 Å². The number of carboxylic acids is 1. The second-order valence-electron chi connectivity index (χ2n) is 6.55. The summed E-state index contributed by atoms with van der Waals surface area (Å²) in [6, 6.07) is 11.9. The standard InChI is InChI=1S/C22H18FN3O6S/c1-32-19-9-5-14(6-10-21(27)28)12-20(19)33(30,31)26-18-13-15(23)7-8-16(18)25-22(29)17-4-2-3-11-24-17/h2-13,26H,1H3,(H,25,29)(H,27,28)/b10-6+. The second kappa shape index (κ2) is 9.92. The Kier molecular flexibility index (Phi) is 7.04. The molecule has 170 valence electrons. The van der Waals surface area contributed by atoms with Crippen LogP contribution in [0.3, 0.4) is 0 Å². The third kappa shape index (κ3) is 5.92. The van der Waals surface area contributed by atoms with Gasteiger partial charge in [-0.15, -0.1) is 0 Å². The number of amides is 1. The van der Waals surface area contributed by atoms with E-state index in [1.165, 1.54) is 49.7 Å². The minimum absolute atomic E-state index is 0.00322. The Balaban J connectivity index is 1.97. The molecule has 0 saturated carbocycles. The number of sulfonamides is 1. The molecule has 1 aromatic heterocycles. The number of hydrogen-bond donors (Lipinski definition) is 3. The first-order valence-electron chi connectivity index (χ1n) is 9.33. The van der Waals surface area contributed by atoms with E-state index in [0.717, 1.165) is 18.2 Å². The van der Waals surface area contributed by atoms with Crippen molar-refractivity contribution >= 4 is 39.4 Å². The van der Waals surface area contributed by atoms with Crippen molar-refractivity contribution in [1.82, 2.24) is 4.98 Å². The van der Waals surface area contributed by atoms with Gasteiger partial charge in [0.2, 0.25) is 0 Å². The Morgan fingerprint density at radius 3 is 2.55 bits per heavy atom. The number of hydrogen-bond acceptors (Lipinski definition) is 6. The van der Waals surface area contributed by atoms with E-state index < -0.39 is 27.7 Å². The maximum atomic E-state index is 13.9. The van der Waals surface area contributed by atoms with Crippen LogP contribution in [0.5, 0.6) is 5.75 Å². The number of nitrogens with one attached hydrogen (secondary N) is 2. The summed E-state index contributed by atoms with van der Waals surface area (Å²) in [7, 11) is -3.08. The van der Waals surface area contributed by atoms with E-state index in [-0.39, 0.29) is 33.3 Å². The van der Waals surface area contributed by atoms with Gasteiger partial charge < -0.3 is 15.2 Å². The van der Waals surface area contributed by atoms with E-state index in [9.17, 15) is 22.4 Å². The molecule has 0 spiro atoms. The molecule has 0 unspecified atom stereocenters. The van der Waals surface area contributed by atoms with Crippen molar-refractivity contribution in [2.24, 2.45) is 0 Å². The fraction of sp³-hybridized carbons (Fsp3) is 0.0455. The fourth-order valence-corrected chi connectivity index (χ4v) is 4.04. The van der Waals surface area contributed by atoms with Gasteiger partial charge in [0.1, 0.15) is 22.2 Å². The molecule has 0 fully saturated rings. The Morgan fingerprint density at radius 1 is 1.09 bits per heavy atom. The fourth-order valence-electron chi connectivity index (χ4n) is 2.77. The molecule has 0 radical (unpaired) electrons. The highest BCUT2D eigenvalue weighted by atomic mass is 32.2. The summed E-state index contributed by atoms with van der Waals surface area (Å²) in [4.78, 5) is 26.8. The number of carboxylic acid groups (broad SMARTS) is 1. The number of halogens is 1. The summed E-state index contributed by atoms with van der Waals surface area (Å²) in [5.41, 5.74) is 0.126. The number of aromatic nitrogens is 1. The summed E-state index contributed by atoms with van der Waals surface area (Å²) >= 11 is 0. The van der Waals surface area contributed by atoms with Crippen LogP contribution < -0.4 is 14.8 Å². The van der Waals surface area contributed by atoms with Crippen molar-refractivity contribution in [3.8, 4) is 5.75 Å². The number of aliphatic carboxylic acids is 1. The molecular formula is C22H18FN3O6S. The Hall–Kier alpha value is -4.25. The first-order chi connectivity index (χ1) is 15.7. The van der Waals surface area contributed by atoms with Crippen LogP contribution in [0.15, 0.2) is 71.8 Å². The smallest absolute Gasteiger partial charge is 0.328 e. The van der Waals surface area contributed by atoms with Gasteiger partial charge in [-0.2, -0.15) is 0 Å². The van der Waals surface area contributed by atoms with Crippen molar-refractivity contribution in [2.45, 2.75) is 4.90 Å². The zero-order valence-corrected chi connectivity index (χ0v) is 18.0. The van der Waals surface area contributed by atoms with Crippen molar-refractivity contribution in [1.29, 1.82) is 0 Å². The average molecular weight is 471 g/mol. The monoisotopic (exact) mass is 471 g/mol. The highest BCUT2D eigenvalue weighted by Crippen LogP contribution is 2.31. The van der Waals surface area contributed by atoms with Gasteiger partial charge in [-0.25, -0.2) is 17.6 Å². The molecule has 1 heterocycles. The average Bonchev–Trinajstić information content (AvgIpc) is 2.79. The third-order valence-electron chi connectivity index (χ3n) is 4.27. The lowest BCUT2D eigenvalue weighted by molar-refractivity contribution is -0.131. The van der Waals surface area contributed by atoms with Gasteiger partial charge in [0.25, 0.3) is 15.9 Å². The molecule has 0 aliphatic rings. The Bertz CT molecular complexity index is 1330. The molecule has 0 atom stereocenters. The minimum Gasteiger partial charge on any atom is -0.495 e. The quantitative estimate of drug-likeness (QED) is 0.429. The predicted molar refractivity (Wildman–Crippen MR) is 119 cm³/mol. The lowest BCUT2D eigenvalue weighted by Crippen LogP contribution is -2.18. The first-order valence-corrected chi connectivity index (χ1v) is 10.8. The van der Waals surface area contributed by atoms with E-state index in [2.05, 4.69) is 15.0 Å². The molecule has 3 N–H and O–H groups in total. The molecule has 2 aromatic carbocycles. The van der Waals surface area contributed by atoms with Crippen LogP contribution in [0, 0.1) is 5.82 Å². The van der Waals surface area contributed by atoms with Gasteiger partial charge >= 0.3 is 5.97 Å². The molecule has 9 nitrogen and oxygen atoms in total. The zero-order valence-electron chi connectivity index (χ0n) is 17.2. The van der Waals surface area contributed by atoms with Gasteiger partial charge in [0.15, 0.2) is 0 Å². The number of ether oxygens (including phenoxy) is 1. The minimum atomic E-state index is -4.35. The number of nitrogens with zero attached hydrogens (tertiary/aromatic N) is 1. The molecule has 0 saturated heterocycles. The summed E-state index contributed by atoms with van der Waals surface area (Å²) in [6.45, 7) is 0. The molecule has 1 amide bonds. The van der Waals surface area contributed by atoms with E-state index >= 15 is 0 Å². The lowest BCUT2D eigenvalue weighted by Gasteiger charge is -2.15. The van der Waals surface area contributed by atoms with Gasteiger partial charge in [0.05, 0.1) is 18.5 Å². The Morgan fingerprint density at radius 2 is 1.88 bits per heavy atom. The lowest BCUT2D eigenvalue weighted by atomic mass is 10.2. The molecule has 0 bridgehead atoms. The van der Waals surface area contributed by atoms with Gasteiger partial charge in [-0.3, -0.25) is 14.5 Å². The number of benzene rings is 2. The van der Waals surface area contributed by atoms with Crippen molar-refractivity contribution < 1.29 is 32.2 Å². The normalized spacial score (nSPS) is 11.2. The molecule has 3 aromatic rings. The SMILES string of the molecule is COc1ccc(/C=C/C(=O)O)cc1S(=O)(=O)Nc1cc(F)ccc1NC(=O)c1ccccn1. The summed E-state index contributed by atoms with van der Waals surface area (Å²) in [5, 5.41) is 11.3. The second-order valence-corrected chi connectivity index (χ2v) is 8.20. The third-order valence-corrected chi connectivity index (χ3v) is 5.65. The number of anilines is 2. The van der Waals surface area contributed by atoms with Crippen LogP contribution in [0.4, 0.5) is 15.8 Å².